The van der Waals surface area contributed by atoms with Gasteiger partial charge < -0.3 is 15.4 Å². The minimum absolute atomic E-state index is 0.115. The van der Waals surface area contributed by atoms with E-state index in [0.29, 0.717) is 12.0 Å². The lowest BCUT2D eigenvalue weighted by Gasteiger charge is -2.32. The van der Waals surface area contributed by atoms with Gasteiger partial charge in [0.2, 0.25) is 5.91 Å². The van der Waals surface area contributed by atoms with Crippen LogP contribution in [-0.4, -0.2) is 54.7 Å². The molecular formula is C12H22N2O2S. The van der Waals surface area contributed by atoms with E-state index in [1.165, 1.54) is 0 Å². The zero-order valence-corrected chi connectivity index (χ0v) is 11.2. The van der Waals surface area contributed by atoms with Gasteiger partial charge in [0.15, 0.2) is 0 Å². The van der Waals surface area contributed by atoms with Crippen molar-refractivity contribution in [1.82, 2.24) is 4.90 Å². The highest BCUT2D eigenvalue weighted by Crippen LogP contribution is 2.24. The predicted octanol–water partition coefficient (Wildman–Crippen LogP) is 0.704. The van der Waals surface area contributed by atoms with Crippen LogP contribution in [0.25, 0.3) is 0 Å². The van der Waals surface area contributed by atoms with Crippen molar-refractivity contribution in [3.8, 4) is 0 Å². The normalized spacial score (nSPS) is 28.0. The second-order valence-corrected chi connectivity index (χ2v) is 6.09. The number of carbonyl (C=O) groups excluding carboxylic acids is 1. The van der Waals surface area contributed by atoms with Gasteiger partial charge in [0.25, 0.3) is 0 Å². The lowest BCUT2D eigenvalue weighted by molar-refractivity contribution is -0.135. The number of thioether (sulfide) groups is 1. The molecule has 2 atom stereocenters. The lowest BCUT2D eigenvalue weighted by Crippen LogP contribution is -2.50. The second-order valence-electron chi connectivity index (χ2n) is 4.94. The average Bonchev–Trinajstić information content (AvgIpc) is 2.91. The topological polar surface area (TPSA) is 55.6 Å². The highest BCUT2D eigenvalue weighted by molar-refractivity contribution is 7.99. The molecule has 0 spiro atoms. The SMILES string of the molecule is CN(C(=O)C(N)C1CCOCC1)C1CCSC1. The Kier molecular flexibility index (Phi) is 4.70. The van der Waals surface area contributed by atoms with E-state index in [9.17, 15) is 4.79 Å². The summed E-state index contributed by atoms with van der Waals surface area (Å²) in [6.45, 7) is 1.49. The molecule has 2 aliphatic heterocycles. The molecule has 2 saturated heterocycles. The largest absolute Gasteiger partial charge is 0.381 e. The molecular weight excluding hydrogens is 236 g/mol. The maximum absolute atomic E-state index is 12.3. The average molecular weight is 258 g/mol. The standard InChI is InChI=1S/C12H22N2O2S/c1-14(10-4-7-17-8-10)12(15)11(13)9-2-5-16-6-3-9/h9-11H,2-8,13H2,1H3. The Balaban J connectivity index is 1.88. The van der Waals surface area contributed by atoms with Crippen molar-refractivity contribution in [2.24, 2.45) is 11.7 Å². The van der Waals surface area contributed by atoms with Crippen LogP contribution in [0.1, 0.15) is 19.3 Å². The van der Waals surface area contributed by atoms with Gasteiger partial charge in [0.05, 0.1) is 6.04 Å². The third-order valence-electron chi connectivity index (χ3n) is 3.86. The molecule has 2 heterocycles. The summed E-state index contributed by atoms with van der Waals surface area (Å²) in [5, 5.41) is 0. The van der Waals surface area contributed by atoms with Gasteiger partial charge in [-0.3, -0.25) is 4.79 Å². The van der Waals surface area contributed by atoms with Gasteiger partial charge in [-0.15, -0.1) is 0 Å². The first-order valence-corrected chi connectivity index (χ1v) is 7.53. The van der Waals surface area contributed by atoms with Crippen LogP contribution in [0.5, 0.6) is 0 Å². The third-order valence-corrected chi connectivity index (χ3v) is 5.00. The van der Waals surface area contributed by atoms with Crippen LogP contribution in [-0.2, 0) is 9.53 Å². The summed E-state index contributed by atoms with van der Waals surface area (Å²) in [6, 6.07) is 0.0490. The van der Waals surface area contributed by atoms with E-state index in [0.717, 1.165) is 44.0 Å². The summed E-state index contributed by atoms with van der Waals surface area (Å²) >= 11 is 1.92. The highest BCUT2D eigenvalue weighted by atomic mass is 32.2. The van der Waals surface area contributed by atoms with Gasteiger partial charge in [-0.05, 0) is 30.9 Å². The van der Waals surface area contributed by atoms with Crippen molar-refractivity contribution in [3.05, 3.63) is 0 Å². The minimum Gasteiger partial charge on any atom is -0.381 e. The second kappa shape index (κ2) is 6.07. The Morgan fingerprint density at radius 3 is 2.71 bits per heavy atom. The smallest absolute Gasteiger partial charge is 0.239 e. The van der Waals surface area contributed by atoms with Crippen LogP contribution in [0.4, 0.5) is 0 Å². The van der Waals surface area contributed by atoms with E-state index < -0.39 is 0 Å². The fourth-order valence-electron chi connectivity index (χ4n) is 2.52. The number of hydrogen-bond donors (Lipinski definition) is 1. The Labute approximate surface area is 107 Å². The van der Waals surface area contributed by atoms with Crippen molar-refractivity contribution in [1.29, 1.82) is 0 Å². The Bertz CT molecular complexity index is 263. The van der Waals surface area contributed by atoms with Gasteiger partial charge in [-0.2, -0.15) is 11.8 Å². The van der Waals surface area contributed by atoms with Gasteiger partial charge in [-0.25, -0.2) is 0 Å². The Morgan fingerprint density at radius 2 is 2.12 bits per heavy atom. The van der Waals surface area contributed by atoms with E-state index in [4.69, 9.17) is 10.5 Å². The fourth-order valence-corrected chi connectivity index (χ4v) is 3.79. The van der Waals surface area contributed by atoms with Crippen molar-refractivity contribution in [3.63, 3.8) is 0 Å². The van der Waals surface area contributed by atoms with E-state index in [1.54, 1.807) is 0 Å². The molecule has 17 heavy (non-hydrogen) atoms. The summed E-state index contributed by atoms with van der Waals surface area (Å²) in [5.41, 5.74) is 6.11. The number of carbonyl (C=O) groups is 1. The molecule has 1 amide bonds. The first-order valence-electron chi connectivity index (χ1n) is 6.38. The minimum atomic E-state index is -0.338. The highest BCUT2D eigenvalue weighted by Gasteiger charge is 2.32. The zero-order valence-electron chi connectivity index (χ0n) is 10.4. The van der Waals surface area contributed by atoms with Gasteiger partial charge in [0, 0.05) is 32.1 Å². The number of nitrogens with two attached hydrogens (primary N) is 1. The fraction of sp³-hybridized carbons (Fsp3) is 0.917. The molecule has 0 saturated carbocycles. The van der Waals surface area contributed by atoms with Gasteiger partial charge >= 0.3 is 0 Å². The molecule has 0 aromatic rings. The molecule has 2 N–H and O–H groups in total. The first-order chi connectivity index (χ1) is 8.20. The molecule has 2 fully saturated rings. The van der Waals surface area contributed by atoms with Crippen molar-refractivity contribution in [2.75, 3.05) is 31.8 Å². The molecule has 2 rings (SSSR count). The van der Waals surface area contributed by atoms with Gasteiger partial charge in [0.1, 0.15) is 0 Å². The number of amides is 1. The van der Waals surface area contributed by atoms with Crippen LogP contribution in [0, 0.1) is 5.92 Å². The number of likely N-dealkylation sites (N-methyl/N-ethyl adjacent to an activating group) is 1. The van der Waals surface area contributed by atoms with Crippen LogP contribution in [0.2, 0.25) is 0 Å². The molecule has 0 bridgehead atoms. The number of hydrogen-bond acceptors (Lipinski definition) is 4. The molecule has 0 aliphatic carbocycles. The monoisotopic (exact) mass is 258 g/mol. The maximum Gasteiger partial charge on any atom is 0.239 e. The summed E-state index contributed by atoms with van der Waals surface area (Å²) in [6.07, 6.45) is 2.94. The first kappa shape index (κ1) is 13.2. The number of nitrogens with zero attached hydrogens (tertiary/aromatic N) is 1. The summed E-state index contributed by atoms with van der Waals surface area (Å²) in [5.74, 6) is 2.63. The third kappa shape index (κ3) is 3.14. The predicted molar refractivity (Wildman–Crippen MR) is 70.0 cm³/mol. The number of ether oxygens (including phenoxy) is 1. The van der Waals surface area contributed by atoms with Crippen LogP contribution >= 0.6 is 11.8 Å². The van der Waals surface area contributed by atoms with E-state index in [1.807, 2.05) is 23.7 Å². The number of rotatable bonds is 3. The molecule has 2 unspecified atom stereocenters. The molecule has 98 valence electrons. The molecule has 0 radical (unpaired) electrons. The molecule has 0 aromatic carbocycles. The van der Waals surface area contributed by atoms with Crippen molar-refractivity contribution >= 4 is 17.7 Å². The Morgan fingerprint density at radius 1 is 1.41 bits per heavy atom. The summed E-state index contributed by atoms with van der Waals surface area (Å²) in [4.78, 5) is 14.2. The molecule has 5 heteroatoms. The molecule has 0 aromatic heterocycles. The van der Waals surface area contributed by atoms with Crippen molar-refractivity contribution < 1.29 is 9.53 Å². The molecule has 2 aliphatic rings. The lowest BCUT2D eigenvalue weighted by atomic mass is 9.91. The quantitative estimate of drug-likeness (QED) is 0.810. The summed E-state index contributed by atoms with van der Waals surface area (Å²) in [7, 11) is 1.90. The van der Waals surface area contributed by atoms with Gasteiger partial charge in [-0.1, -0.05) is 0 Å². The van der Waals surface area contributed by atoms with E-state index in [-0.39, 0.29) is 11.9 Å². The van der Waals surface area contributed by atoms with Crippen molar-refractivity contribution in [2.45, 2.75) is 31.3 Å². The Hall–Kier alpha value is -0.260. The summed E-state index contributed by atoms with van der Waals surface area (Å²) < 4.78 is 5.31. The maximum atomic E-state index is 12.3. The van der Waals surface area contributed by atoms with E-state index >= 15 is 0 Å². The zero-order chi connectivity index (χ0) is 12.3. The molecule has 4 nitrogen and oxygen atoms in total. The van der Waals surface area contributed by atoms with Crippen LogP contribution in [0.3, 0.4) is 0 Å². The van der Waals surface area contributed by atoms with Crippen LogP contribution < -0.4 is 5.73 Å². The van der Waals surface area contributed by atoms with Crippen LogP contribution in [0.15, 0.2) is 0 Å². The van der Waals surface area contributed by atoms with E-state index in [2.05, 4.69) is 0 Å².